The minimum atomic E-state index is -0.539. The zero-order valence-corrected chi connectivity index (χ0v) is 15.4. The first-order chi connectivity index (χ1) is 11.9. The Kier molecular flexibility index (Phi) is 5.08. The summed E-state index contributed by atoms with van der Waals surface area (Å²) in [4.78, 5) is 33.7. The Balaban J connectivity index is 1.58. The van der Waals surface area contributed by atoms with Crippen LogP contribution in [0, 0.1) is 17.3 Å². The molecule has 2 aliphatic rings. The van der Waals surface area contributed by atoms with E-state index in [2.05, 4.69) is 36.0 Å². The van der Waals surface area contributed by atoms with Crippen molar-refractivity contribution >= 4 is 11.8 Å². The Morgan fingerprint density at radius 2 is 1.96 bits per heavy atom. The van der Waals surface area contributed by atoms with Gasteiger partial charge in [-0.25, -0.2) is 0 Å². The van der Waals surface area contributed by atoms with Crippen LogP contribution in [0.1, 0.15) is 26.5 Å². The largest absolute Gasteiger partial charge is 0.355 e. The van der Waals surface area contributed by atoms with Crippen molar-refractivity contribution in [3.63, 3.8) is 0 Å². The second-order valence-electron chi connectivity index (χ2n) is 8.12. The molecule has 2 aliphatic heterocycles. The number of carbonyl (C=O) groups excluding carboxylic acids is 2. The normalized spacial score (nSPS) is 25.1. The molecular formula is C19H28N4O2. The molecule has 6 heteroatoms. The van der Waals surface area contributed by atoms with Crippen LogP contribution in [-0.2, 0) is 16.1 Å². The van der Waals surface area contributed by atoms with Gasteiger partial charge in [0.1, 0.15) is 5.92 Å². The minimum Gasteiger partial charge on any atom is -0.355 e. The summed E-state index contributed by atoms with van der Waals surface area (Å²) in [6.07, 6.45) is 1.81. The van der Waals surface area contributed by atoms with E-state index in [-0.39, 0.29) is 23.1 Å². The van der Waals surface area contributed by atoms with Crippen molar-refractivity contribution in [3.05, 3.63) is 30.1 Å². The van der Waals surface area contributed by atoms with Crippen LogP contribution in [0.2, 0.25) is 0 Å². The molecule has 2 saturated heterocycles. The second kappa shape index (κ2) is 7.12. The van der Waals surface area contributed by atoms with E-state index in [1.165, 1.54) is 0 Å². The van der Waals surface area contributed by atoms with Crippen molar-refractivity contribution < 1.29 is 9.59 Å². The predicted octanol–water partition coefficient (Wildman–Crippen LogP) is 1.13. The number of aromatic nitrogens is 1. The maximum Gasteiger partial charge on any atom is 0.235 e. The Bertz CT molecular complexity index is 618. The topological polar surface area (TPSA) is 65.5 Å². The molecule has 0 aromatic carbocycles. The minimum absolute atomic E-state index is 0.00703. The molecule has 2 amide bonds. The fourth-order valence-corrected chi connectivity index (χ4v) is 3.76. The number of piperazine rings is 1. The second-order valence-corrected chi connectivity index (χ2v) is 8.12. The molecule has 136 valence electrons. The van der Waals surface area contributed by atoms with Gasteiger partial charge < -0.3 is 10.2 Å². The summed E-state index contributed by atoms with van der Waals surface area (Å²) in [6, 6.07) is 5.93. The van der Waals surface area contributed by atoms with Gasteiger partial charge in [-0.05, 0) is 17.5 Å². The van der Waals surface area contributed by atoms with Gasteiger partial charge in [-0.15, -0.1) is 0 Å². The summed E-state index contributed by atoms with van der Waals surface area (Å²) < 4.78 is 0. The first-order valence-electron chi connectivity index (χ1n) is 9.05. The monoisotopic (exact) mass is 344 g/mol. The highest BCUT2D eigenvalue weighted by Crippen LogP contribution is 2.36. The molecule has 6 nitrogen and oxygen atoms in total. The maximum absolute atomic E-state index is 13.0. The van der Waals surface area contributed by atoms with Gasteiger partial charge in [-0.3, -0.25) is 19.5 Å². The third kappa shape index (κ3) is 4.00. The zero-order valence-electron chi connectivity index (χ0n) is 15.4. The van der Waals surface area contributed by atoms with Gasteiger partial charge >= 0.3 is 0 Å². The summed E-state index contributed by atoms with van der Waals surface area (Å²) in [5, 5.41) is 2.88. The zero-order chi connectivity index (χ0) is 18.0. The SMILES string of the molecule is CC(C)(C)[C@H]1CNC(=O)[C@H]1C(=O)N1CCN(Cc2ccccn2)CC1. The summed E-state index contributed by atoms with van der Waals surface area (Å²) in [7, 11) is 0. The van der Waals surface area contributed by atoms with Gasteiger partial charge in [0, 0.05) is 51.4 Å². The van der Waals surface area contributed by atoms with Crippen LogP contribution >= 0.6 is 0 Å². The van der Waals surface area contributed by atoms with E-state index in [4.69, 9.17) is 0 Å². The van der Waals surface area contributed by atoms with Gasteiger partial charge in [0.2, 0.25) is 11.8 Å². The fourth-order valence-electron chi connectivity index (χ4n) is 3.76. The number of pyridine rings is 1. The van der Waals surface area contributed by atoms with Gasteiger partial charge in [0.15, 0.2) is 0 Å². The summed E-state index contributed by atoms with van der Waals surface area (Å²) in [5.41, 5.74) is 0.977. The van der Waals surface area contributed by atoms with Crippen LogP contribution in [-0.4, -0.2) is 59.3 Å². The van der Waals surface area contributed by atoms with E-state index in [1.807, 2.05) is 23.1 Å². The van der Waals surface area contributed by atoms with Gasteiger partial charge in [0.05, 0.1) is 5.69 Å². The van der Waals surface area contributed by atoms with Crippen molar-refractivity contribution in [2.45, 2.75) is 27.3 Å². The lowest BCUT2D eigenvalue weighted by atomic mass is 9.74. The highest BCUT2D eigenvalue weighted by atomic mass is 16.2. The van der Waals surface area contributed by atoms with E-state index in [9.17, 15) is 9.59 Å². The Labute approximate surface area is 149 Å². The summed E-state index contributed by atoms with van der Waals surface area (Å²) in [6.45, 7) is 10.7. The van der Waals surface area contributed by atoms with Crippen molar-refractivity contribution in [2.24, 2.45) is 17.3 Å². The smallest absolute Gasteiger partial charge is 0.235 e. The quantitative estimate of drug-likeness (QED) is 0.835. The predicted molar refractivity (Wildman–Crippen MR) is 95.5 cm³/mol. The lowest BCUT2D eigenvalue weighted by molar-refractivity contribution is -0.144. The molecular weight excluding hydrogens is 316 g/mol. The maximum atomic E-state index is 13.0. The van der Waals surface area contributed by atoms with Crippen molar-refractivity contribution in [1.29, 1.82) is 0 Å². The fraction of sp³-hybridized carbons (Fsp3) is 0.632. The molecule has 3 rings (SSSR count). The average molecular weight is 344 g/mol. The van der Waals surface area contributed by atoms with E-state index >= 15 is 0 Å². The number of nitrogens with zero attached hydrogens (tertiary/aromatic N) is 3. The van der Waals surface area contributed by atoms with Gasteiger partial charge in [0.25, 0.3) is 0 Å². The summed E-state index contributed by atoms with van der Waals surface area (Å²) in [5.74, 6) is -0.602. The first kappa shape index (κ1) is 17.9. The third-order valence-corrected chi connectivity index (χ3v) is 5.36. The van der Waals surface area contributed by atoms with E-state index in [0.717, 1.165) is 25.3 Å². The van der Waals surface area contributed by atoms with Crippen LogP contribution in [0.4, 0.5) is 0 Å². The van der Waals surface area contributed by atoms with Crippen molar-refractivity contribution in [1.82, 2.24) is 20.1 Å². The molecule has 0 saturated carbocycles. The number of carbonyl (C=O) groups is 2. The molecule has 0 unspecified atom stereocenters. The lowest BCUT2D eigenvalue weighted by Crippen LogP contribution is -2.52. The Morgan fingerprint density at radius 1 is 1.24 bits per heavy atom. The molecule has 0 aliphatic carbocycles. The number of rotatable bonds is 3. The van der Waals surface area contributed by atoms with Gasteiger partial charge in [-0.1, -0.05) is 26.8 Å². The lowest BCUT2D eigenvalue weighted by Gasteiger charge is -2.37. The molecule has 1 N–H and O–H groups in total. The average Bonchev–Trinajstić information content (AvgIpc) is 2.98. The molecule has 3 heterocycles. The van der Waals surface area contributed by atoms with E-state index < -0.39 is 5.92 Å². The van der Waals surface area contributed by atoms with Gasteiger partial charge in [-0.2, -0.15) is 0 Å². The number of nitrogens with one attached hydrogen (secondary N) is 1. The third-order valence-electron chi connectivity index (χ3n) is 5.36. The Morgan fingerprint density at radius 3 is 2.56 bits per heavy atom. The van der Waals surface area contributed by atoms with Crippen LogP contribution in [0.25, 0.3) is 0 Å². The van der Waals surface area contributed by atoms with Crippen molar-refractivity contribution in [3.8, 4) is 0 Å². The van der Waals surface area contributed by atoms with Crippen LogP contribution < -0.4 is 5.32 Å². The number of hydrogen-bond acceptors (Lipinski definition) is 4. The molecule has 2 atom stereocenters. The van der Waals surface area contributed by atoms with Crippen LogP contribution in [0.5, 0.6) is 0 Å². The Hall–Kier alpha value is -1.95. The molecule has 25 heavy (non-hydrogen) atoms. The van der Waals surface area contributed by atoms with Crippen LogP contribution in [0.3, 0.4) is 0 Å². The summed E-state index contributed by atoms with van der Waals surface area (Å²) >= 11 is 0. The molecule has 0 bridgehead atoms. The highest BCUT2D eigenvalue weighted by Gasteiger charge is 2.47. The van der Waals surface area contributed by atoms with E-state index in [1.54, 1.807) is 6.20 Å². The highest BCUT2D eigenvalue weighted by molar-refractivity contribution is 6.02. The molecule has 2 fully saturated rings. The van der Waals surface area contributed by atoms with Crippen LogP contribution in [0.15, 0.2) is 24.4 Å². The van der Waals surface area contributed by atoms with Crippen molar-refractivity contribution in [2.75, 3.05) is 32.7 Å². The number of hydrogen-bond donors (Lipinski definition) is 1. The molecule has 0 radical (unpaired) electrons. The molecule has 1 aromatic rings. The molecule has 0 spiro atoms. The first-order valence-corrected chi connectivity index (χ1v) is 9.05. The van der Waals surface area contributed by atoms with E-state index in [0.29, 0.717) is 19.6 Å². The standard InChI is InChI=1S/C19H28N4O2/c1-19(2,3)15-12-21-17(24)16(15)18(25)23-10-8-22(9-11-23)13-14-6-4-5-7-20-14/h4-7,15-16H,8-13H2,1-3H3,(H,21,24)/t15-,16-/m0/s1. The molecule has 1 aromatic heterocycles. The number of amides is 2.